The second kappa shape index (κ2) is 3.54. The van der Waals surface area contributed by atoms with Crippen LogP contribution in [0.3, 0.4) is 0 Å². The van der Waals surface area contributed by atoms with E-state index >= 15 is 0 Å². The second-order valence-corrected chi connectivity index (χ2v) is 6.22. The molecule has 0 heterocycles. The van der Waals surface area contributed by atoms with Crippen molar-refractivity contribution in [3.63, 3.8) is 0 Å². The van der Waals surface area contributed by atoms with Crippen molar-refractivity contribution in [3.05, 3.63) is 0 Å². The summed E-state index contributed by atoms with van der Waals surface area (Å²) in [4.78, 5) is 0. The van der Waals surface area contributed by atoms with Crippen LogP contribution >= 0.6 is 0 Å². The summed E-state index contributed by atoms with van der Waals surface area (Å²) in [6, 6.07) is 0. The van der Waals surface area contributed by atoms with Crippen LogP contribution in [0.25, 0.3) is 0 Å². The van der Waals surface area contributed by atoms with Crippen LogP contribution < -0.4 is 0 Å². The molecule has 2 rings (SSSR count). The molecule has 82 valence electrons. The highest BCUT2D eigenvalue weighted by molar-refractivity contribution is 5.06. The van der Waals surface area contributed by atoms with E-state index in [9.17, 15) is 0 Å². The summed E-state index contributed by atoms with van der Waals surface area (Å²) < 4.78 is 0. The Balaban J connectivity index is 1.81. The van der Waals surface area contributed by atoms with Gasteiger partial charge in [0.1, 0.15) is 0 Å². The minimum absolute atomic E-state index is 0.734. The first-order valence-corrected chi connectivity index (χ1v) is 6.59. The van der Waals surface area contributed by atoms with Crippen molar-refractivity contribution in [1.29, 1.82) is 0 Å². The van der Waals surface area contributed by atoms with Gasteiger partial charge in [-0.05, 0) is 41.9 Å². The molecule has 0 heteroatoms. The van der Waals surface area contributed by atoms with Gasteiger partial charge in [0.05, 0.1) is 0 Å². The Morgan fingerprint density at radius 3 is 2.50 bits per heavy atom. The van der Waals surface area contributed by atoms with Crippen molar-refractivity contribution >= 4 is 0 Å². The van der Waals surface area contributed by atoms with E-state index in [0.29, 0.717) is 0 Å². The van der Waals surface area contributed by atoms with Crippen molar-refractivity contribution in [2.24, 2.45) is 29.1 Å². The van der Waals surface area contributed by atoms with Gasteiger partial charge in [0.2, 0.25) is 0 Å². The number of unbranched alkanes of at least 4 members (excludes halogenated alkanes) is 1. The van der Waals surface area contributed by atoms with Gasteiger partial charge in [0.15, 0.2) is 0 Å². The summed E-state index contributed by atoms with van der Waals surface area (Å²) in [6.45, 7) is 9.76. The van der Waals surface area contributed by atoms with E-state index in [-0.39, 0.29) is 0 Å². The van der Waals surface area contributed by atoms with Crippen LogP contribution in [-0.2, 0) is 0 Å². The quantitative estimate of drug-likeness (QED) is 0.618. The Labute approximate surface area is 89.5 Å². The number of hydrogen-bond donors (Lipinski definition) is 0. The maximum Gasteiger partial charge on any atom is -0.0264 e. The number of rotatable bonds is 4. The Morgan fingerprint density at radius 2 is 2.00 bits per heavy atom. The average Bonchev–Trinajstić information content (AvgIpc) is 2.93. The van der Waals surface area contributed by atoms with E-state index in [1.165, 1.54) is 25.7 Å². The van der Waals surface area contributed by atoms with Crippen LogP contribution in [0.5, 0.6) is 0 Å². The third-order valence-corrected chi connectivity index (χ3v) is 5.35. The molecule has 0 N–H and O–H groups in total. The summed E-state index contributed by atoms with van der Waals surface area (Å²) >= 11 is 0. The normalized spacial score (nSPS) is 51.4. The minimum atomic E-state index is 0.734. The van der Waals surface area contributed by atoms with Gasteiger partial charge < -0.3 is 0 Å². The van der Waals surface area contributed by atoms with Gasteiger partial charge in [-0.15, -0.1) is 0 Å². The molecule has 0 aromatic rings. The predicted octanol–water partition coefficient (Wildman–Crippen LogP) is 4.49. The van der Waals surface area contributed by atoms with Crippen molar-refractivity contribution in [1.82, 2.24) is 0 Å². The lowest BCUT2D eigenvalue weighted by atomic mass is 9.53. The predicted molar refractivity (Wildman–Crippen MR) is 62.2 cm³/mol. The molecular formula is C14H26. The molecule has 2 aliphatic rings. The van der Waals surface area contributed by atoms with Crippen LogP contribution in [0.1, 0.15) is 59.8 Å². The first-order chi connectivity index (χ1) is 6.59. The standard InChI is InChI=1S/C14H26/c1-5-6-7-12-8-13(12)14(4)9-10(2)11(14)3/h10-13H,5-9H2,1-4H3. The lowest BCUT2D eigenvalue weighted by Crippen LogP contribution is -2.44. The zero-order valence-electron chi connectivity index (χ0n) is 10.3. The van der Waals surface area contributed by atoms with Gasteiger partial charge in [0.25, 0.3) is 0 Å². The summed E-state index contributed by atoms with van der Waals surface area (Å²) in [5.41, 5.74) is 0.734. The van der Waals surface area contributed by atoms with Crippen molar-refractivity contribution < 1.29 is 0 Å². The minimum Gasteiger partial charge on any atom is -0.0654 e. The smallest absolute Gasteiger partial charge is 0.0264 e. The molecule has 2 aliphatic carbocycles. The Hall–Kier alpha value is 0. The lowest BCUT2D eigenvalue weighted by Gasteiger charge is -2.52. The molecule has 5 atom stereocenters. The average molecular weight is 194 g/mol. The highest BCUT2D eigenvalue weighted by Crippen LogP contribution is 2.65. The van der Waals surface area contributed by atoms with Gasteiger partial charge in [0, 0.05) is 0 Å². The molecule has 0 aliphatic heterocycles. The molecule has 2 saturated carbocycles. The molecule has 0 bridgehead atoms. The maximum atomic E-state index is 2.55. The van der Waals surface area contributed by atoms with Gasteiger partial charge >= 0.3 is 0 Å². The van der Waals surface area contributed by atoms with Gasteiger partial charge in [-0.25, -0.2) is 0 Å². The van der Waals surface area contributed by atoms with E-state index in [4.69, 9.17) is 0 Å². The Bertz CT molecular complexity index is 208. The van der Waals surface area contributed by atoms with E-state index in [2.05, 4.69) is 27.7 Å². The fraction of sp³-hybridized carbons (Fsp3) is 1.00. The summed E-state index contributed by atoms with van der Waals surface area (Å²) in [5, 5.41) is 0. The van der Waals surface area contributed by atoms with Crippen molar-refractivity contribution in [3.8, 4) is 0 Å². The lowest BCUT2D eigenvalue weighted by molar-refractivity contribution is -0.0293. The molecule has 0 amide bonds. The van der Waals surface area contributed by atoms with Crippen LogP contribution in [0, 0.1) is 29.1 Å². The van der Waals surface area contributed by atoms with E-state index in [1.807, 2.05) is 0 Å². The molecule has 14 heavy (non-hydrogen) atoms. The first-order valence-electron chi connectivity index (χ1n) is 6.59. The number of hydrogen-bond acceptors (Lipinski definition) is 0. The zero-order chi connectivity index (χ0) is 10.3. The third-order valence-electron chi connectivity index (χ3n) is 5.35. The molecule has 2 fully saturated rings. The largest absolute Gasteiger partial charge is 0.0654 e. The van der Waals surface area contributed by atoms with Crippen molar-refractivity contribution in [2.45, 2.75) is 59.8 Å². The first kappa shape index (κ1) is 10.5. The molecule has 5 unspecified atom stereocenters. The SMILES string of the molecule is CCCCC1CC1C1(C)CC(C)C1C. The van der Waals surface area contributed by atoms with Gasteiger partial charge in [-0.1, -0.05) is 47.0 Å². The monoisotopic (exact) mass is 194 g/mol. The molecule has 0 aromatic carbocycles. The Morgan fingerprint density at radius 1 is 1.29 bits per heavy atom. The van der Waals surface area contributed by atoms with Crippen LogP contribution in [-0.4, -0.2) is 0 Å². The van der Waals surface area contributed by atoms with E-state index in [0.717, 1.165) is 29.1 Å². The highest BCUT2D eigenvalue weighted by atomic mass is 14.6. The zero-order valence-corrected chi connectivity index (χ0v) is 10.3. The molecule has 0 aromatic heterocycles. The third kappa shape index (κ3) is 1.51. The summed E-state index contributed by atoms with van der Waals surface area (Å²) in [6.07, 6.45) is 7.40. The molecule has 0 spiro atoms. The Kier molecular flexibility index (Phi) is 2.66. The topological polar surface area (TPSA) is 0 Å². The summed E-state index contributed by atoms with van der Waals surface area (Å²) in [5.74, 6) is 4.18. The van der Waals surface area contributed by atoms with E-state index < -0.39 is 0 Å². The molecule has 0 radical (unpaired) electrons. The molecule has 0 saturated heterocycles. The van der Waals surface area contributed by atoms with E-state index in [1.54, 1.807) is 6.42 Å². The van der Waals surface area contributed by atoms with Crippen molar-refractivity contribution in [2.75, 3.05) is 0 Å². The fourth-order valence-corrected chi connectivity index (χ4v) is 3.88. The maximum absolute atomic E-state index is 2.55. The summed E-state index contributed by atoms with van der Waals surface area (Å²) in [7, 11) is 0. The second-order valence-electron chi connectivity index (χ2n) is 6.22. The van der Waals surface area contributed by atoms with Crippen LogP contribution in [0.15, 0.2) is 0 Å². The highest BCUT2D eigenvalue weighted by Gasteiger charge is 2.57. The van der Waals surface area contributed by atoms with Gasteiger partial charge in [-0.3, -0.25) is 0 Å². The molecule has 0 nitrogen and oxygen atoms in total. The molecular weight excluding hydrogens is 168 g/mol. The fourth-order valence-electron chi connectivity index (χ4n) is 3.88. The van der Waals surface area contributed by atoms with Crippen LogP contribution in [0.2, 0.25) is 0 Å². The van der Waals surface area contributed by atoms with Gasteiger partial charge in [-0.2, -0.15) is 0 Å². The van der Waals surface area contributed by atoms with Crippen LogP contribution in [0.4, 0.5) is 0 Å².